The fourth-order valence-electron chi connectivity index (χ4n) is 1.70. The summed E-state index contributed by atoms with van der Waals surface area (Å²) < 4.78 is 11.6. The molecule has 1 fully saturated rings. The fourth-order valence-corrected chi connectivity index (χ4v) is 3.31. The van der Waals surface area contributed by atoms with Crippen molar-refractivity contribution in [3.63, 3.8) is 0 Å². The predicted octanol–water partition coefficient (Wildman–Crippen LogP) is 2.94. The lowest BCUT2D eigenvalue weighted by Crippen LogP contribution is -2.11. The van der Waals surface area contributed by atoms with E-state index in [0.29, 0.717) is 5.66 Å². The Morgan fingerprint density at radius 3 is 1.90 bits per heavy atom. The van der Waals surface area contributed by atoms with Crippen LogP contribution >= 0.6 is 7.14 Å². The van der Waals surface area contributed by atoms with Gasteiger partial charge in [-0.2, -0.15) is 0 Å². The standard InChI is InChI=1S/C8H17OP/c1-10(2,9)8-6-4-3-5-7-8/h8H,3-7H2,1-2H3. The average molecular weight is 160 g/mol. The maximum absolute atomic E-state index is 11.6. The van der Waals surface area contributed by atoms with Gasteiger partial charge in [-0.1, -0.05) is 19.3 Å². The quantitative estimate of drug-likeness (QED) is 0.539. The van der Waals surface area contributed by atoms with Crippen LogP contribution in [0.15, 0.2) is 0 Å². The van der Waals surface area contributed by atoms with Crippen LogP contribution in [-0.2, 0) is 4.57 Å². The minimum absolute atomic E-state index is 0.557. The van der Waals surface area contributed by atoms with Gasteiger partial charge < -0.3 is 4.57 Å². The molecule has 0 aromatic carbocycles. The van der Waals surface area contributed by atoms with Crippen molar-refractivity contribution >= 4 is 7.14 Å². The third-order valence-electron chi connectivity index (χ3n) is 2.45. The van der Waals surface area contributed by atoms with E-state index in [2.05, 4.69) is 0 Å². The Hall–Kier alpha value is 0.230. The molecule has 0 N–H and O–H groups in total. The van der Waals surface area contributed by atoms with Gasteiger partial charge in [0.05, 0.1) is 7.14 Å². The number of rotatable bonds is 1. The van der Waals surface area contributed by atoms with Gasteiger partial charge in [-0.25, -0.2) is 0 Å². The maximum atomic E-state index is 11.6. The van der Waals surface area contributed by atoms with Crippen molar-refractivity contribution in [2.24, 2.45) is 0 Å². The highest BCUT2D eigenvalue weighted by molar-refractivity contribution is 7.63. The molecule has 0 aliphatic heterocycles. The first kappa shape index (κ1) is 8.33. The monoisotopic (exact) mass is 160 g/mol. The average Bonchev–Trinajstić information content (AvgIpc) is 1.88. The molecule has 0 aromatic heterocycles. The maximum Gasteiger partial charge on any atom is 0.0848 e. The summed E-state index contributed by atoms with van der Waals surface area (Å²) in [7, 11) is -1.74. The van der Waals surface area contributed by atoms with Gasteiger partial charge >= 0.3 is 0 Å². The zero-order valence-electron chi connectivity index (χ0n) is 6.97. The molecule has 0 radical (unpaired) electrons. The predicted molar refractivity (Wildman–Crippen MR) is 46.3 cm³/mol. The molecule has 1 nitrogen and oxygen atoms in total. The molecule has 1 aliphatic rings. The van der Waals surface area contributed by atoms with Crippen LogP contribution in [0.5, 0.6) is 0 Å². The first-order valence-corrected chi connectivity index (χ1v) is 6.82. The summed E-state index contributed by atoms with van der Waals surface area (Å²) in [6.07, 6.45) is 6.39. The Morgan fingerprint density at radius 2 is 1.60 bits per heavy atom. The minimum Gasteiger partial charge on any atom is -0.324 e. The molecule has 1 rings (SSSR count). The summed E-state index contributed by atoms with van der Waals surface area (Å²) in [6, 6.07) is 0. The molecule has 0 spiro atoms. The van der Waals surface area contributed by atoms with E-state index in [9.17, 15) is 4.57 Å². The summed E-state index contributed by atoms with van der Waals surface area (Å²) in [5, 5.41) is 0. The van der Waals surface area contributed by atoms with Crippen LogP contribution in [0.3, 0.4) is 0 Å². The van der Waals surface area contributed by atoms with E-state index >= 15 is 0 Å². The third kappa shape index (κ3) is 2.12. The number of hydrogen-bond acceptors (Lipinski definition) is 1. The normalized spacial score (nSPS) is 23.0. The SMILES string of the molecule is CP(C)(=O)C1CCCCC1. The van der Waals surface area contributed by atoms with Crippen molar-refractivity contribution in [3.8, 4) is 0 Å². The first-order chi connectivity index (χ1) is 4.61. The number of hydrogen-bond donors (Lipinski definition) is 0. The lowest BCUT2D eigenvalue weighted by Gasteiger charge is -2.24. The second kappa shape index (κ2) is 3.09. The van der Waals surface area contributed by atoms with Gasteiger partial charge in [0.2, 0.25) is 0 Å². The van der Waals surface area contributed by atoms with Gasteiger partial charge in [0, 0.05) is 5.66 Å². The first-order valence-electron chi connectivity index (χ1n) is 4.15. The molecule has 60 valence electrons. The summed E-state index contributed by atoms with van der Waals surface area (Å²) in [5.41, 5.74) is 0.557. The van der Waals surface area contributed by atoms with E-state index < -0.39 is 7.14 Å². The molecular formula is C8H17OP. The van der Waals surface area contributed by atoms with E-state index in [0.717, 1.165) is 0 Å². The van der Waals surface area contributed by atoms with Crippen LogP contribution < -0.4 is 0 Å². The van der Waals surface area contributed by atoms with Crippen LogP contribution in [0.1, 0.15) is 32.1 Å². The van der Waals surface area contributed by atoms with E-state index in [1.807, 2.05) is 13.3 Å². The molecule has 0 saturated heterocycles. The molecule has 1 aliphatic carbocycles. The van der Waals surface area contributed by atoms with Gasteiger partial charge in [-0.15, -0.1) is 0 Å². The lowest BCUT2D eigenvalue weighted by atomic mass is 10.0. The smallest absolute Gasteiger partial charge is 0.0848 e. The second-order valence-electron chi connectivity index (χ2n) is 3.73. The fraction of sp³-hybridized carbons (Fsp3) is 1.00. The van der Waals surface area contributed by atoms with Crippen molar-refractivity contribution < 1.29 is 4.57 Å². The zero-order chi connectivity index (χ0) is 7.61. The Bertz CT molecular complexity index is 141. The third-order valence-corrected chi connectivity index (χ3v) is 4.73. The Balaban J connectivity index is 2.47. The summed E-state index contributed by atoms with van der Waals surface area (Å²) >= 11 is 0. The second-order valence-corrected chi connectivity index (χ2v) is 7.32. The highest BCUT2D eigenvalue weighted by Gasteiger charge is 2.24. The summed E-state index contributed by atoms with van der Waals surface area (Å²) in [5.74, 6) is 0. The van der Waals surface area contributed by atoms with Gasteiger partial charge in [0.15, 0.2) is 0 Å². The molecule has 0 heterocycles. The molecule has 2 heteroatoms. The molecule has 0 unspecified atom stereocenters. The van der Waals surface area contributed by atoms with Crippen molar-refractivity contribution in [2.45, 2.75) is 37.8 Å². The van der Waals surface area contributed by atoms with E-state index in [1.165, 1.54) is 32.1 Å². The van der Waals surface area contributed by atoms with E-state index in [-0.39, 0.29) is 0 Å². The van der Waals surface area contributed by atoms with Crippen molar-refractivity contribution in [3.05, 3.63) is 0 Å². The van der Waals surface area contributed by atoms with Crippen molar-refractivity contribution in [1.82, 2.24) is 0 Å². The van der Waals surface area contributed by atoms with Gasteiger partial charge in [0.25, 0.3) is 0 Å². The van der Waals surface area contributed by atoms with Crippen molar-refractivity contribution in [1.29, 1.82) is 0 Å². The molecule has 1 saturated carbocycles. The molecule has 0 atom stereocenters. The molecule has 0 bridgehead atoms. The Kier molecular flexibility index (Phi) is 2.57. The highest BCUT2D eigenvalue weighted by atomic mass is 31.2. The lowest BCUT2D eigenvalue weighted by molar-refractivity contribution is 0.487. The van der Waals surface area contributed by atoms with Crippen LogP contribution in [0.2, 0.25) is 0 Å². The molecule has 0 aromatic rings. The topological polar surface area (TPSA) is 17.1 Å². The summed E-state index contributed by atoms with van der Waals surface area (Å²) in [6.45, 7) is 3.87. The Labute approximate surface area is 63.6 Å². The van der Waals surface area contributed by atoms with Crippen LogP contribution in [0.4, 0.5) is 0 Å². The van der Waals surface area contributed by atoms with Crippen LogP contribution in [0.25, 0.3) is 0 Å². The van der Waals surface area contributed by atoms with Crippen LogP contribution in [0, 0.1) is 0 Å². The molecular weight excluding hydrogens is 143 g/mol. The van der Waals surface area contributed by atoms with E-state index in [1.54, 1.807) is 0 Å². The zero-order valence-corrected chi connectivity index (χ0v) is 7.86. The van der Waals surface area contributed by atoms with Gasteiger partial charge in [-0.05, 0) is 26.2 Å². The molecule has 0 amide bonds. The van der Waals surface area contributed by atoms with Crippen molar-refractivity contribution in [2.75, 3.05) is 13.3 Å². The molecule has 10 heavy (non-hydrogen) atoms. The van der Waals surface area contributed by atoms with Crippen LogP contribution in [-0.4, -0.2) is 19.0 Å². The highest BCUT2D eigenvalue weighted by Crippen LogP contribution is 2.48. The Morgan fingerprint density at radius 1 is 1.10 bits per heavy atom. The van der Waals surface area contributed by atoms with Gasteiger partial charge in [-0.3, -0.25) is 0 Å². The largest absolute Gasteiger partial charge is 0.324 e. The van der Waals surface area contributed by atoms with E-state index in [4.69, 9.17) is 0 Å². The minimum atomic E-state index is -1.74. The van der Waals surface area contributed by atoms with Gasteiger partial charge in [0.1, 0.15) is 0 Å². The summed E-state index contributed by atoms with van der Waals surface area (Å²) in [4.78, 5) is 0.